The van der Waals surface area contributed by atoms with Gasteiger partial charge in [-0.1, -0.05) is 0 Å². The van der Waals surface area contributed by atoms with E-state index in [4.69, 9.17) is 20.5 Å². The Hall–Kier alpha value is -2.60. The minimum absolute atomic E-state index is 0.203. The number of hydrogen-bond acceptors (Lipinski definition) is 5. The number of aryl methyl sites for hydroxylation is 2. The fourth-order valence-electron chi connectivity index (χ4n) is 2.65. The normalized spacial score (nSPS) is 13.3. The Labute approximate surface area is 157 Å². The molecule has 2 N–H and O–H groups in total. The highest BCUT2D eigenvalue weighted by Gasteiger charge is 2.17. The van der Waals surface area contributed by atoms with Gasteiger partial charge in [-0.3, -0.25) is 9.79 Å². The zero-order valence-electron chi connectivity index (χ0n) is 15.1. The summed E-state index contributed by atoms with van der Waals surface area (Å²) in [7, 11) is 1.64. The Balaban J connectivity index is 2.05. The first-order chi connectivity index (χ1) is 12.5. The predicted molar refractivity (Wildman–Crippen MR) is 108 cm³/mol. The second-order valence-corrected chi connectivity index (χ2v) is 7.20. The maximum absolute atomic E-state index is 11.2. The summed E-state index contributed by atoms with van der Waals surface area (Å²) in [5, 5.41) is 0.834. The molecule has 0 atom stereocenters. The molecule has 134 valence electrons. The highest BCUT2D eigenvalue weighted by atomic mass is 32.2. The van der Waals surface area contributed by atoms with Crippen LogP contribution in [0.3, 0.4) is 0 Å². The fourth-order valence-corrected chi connectivity index (χ4v) is 3.37. The van der Waals surface area contributed by atoms with Crippen LogP contribution in [0.1, 0.15) is 23.1 Å². The summed E-state index contributed by atoms with van der Waals surface area (Å²) in [4.78, 5) is 20.8. The fraction of sp³-hybridized carbons (Fsp3) is 0.250. The van der Waals surface area contributed by atoms with E-state index in [0.717, 1.165) is 39.0 Å². The van der Waals surface area contributed by atoms with Crippen LogP contribution >= 0.6 is 11.8 Å². The Morgan fingerprint density at radius 1 is 1.12 bits per heavy atom. The molecular formula is C20H21N3O2S. The monoisotopic (exact) mass is 367 g/mol. The third-order valence-electron chi connectivity index (χ3n) is 4.21. The molecule has 26 heavy (non-hydrogen) atoms. The molecule has 6 heteroatoms. The number of methoxy groups -OCH3 is 1. The molecular weight excluding hydrogens is 346 g/mol. The van der Waals surface area contributed by atoms with Crippen LogP contribution < -0.4 is 10.5 Å². The zero-order chi connectivity index (χ0) is 18.7. The van der Waals surface area contributed by atoms with Gasteiger partial charge in [0.05, 0.1) is 35.0 Å². The molecule has 2 aromatic rings. The maximum Gasteiger partial charge on any atom is 0.227 e. The molecule has 1 aliphatic rings. The molecule has 0 spiro atoms. The number of nitrogens with zero attached hydrogens (tertiary/aromatic N) is 2. The van der Waals surface area contributed by atoms with Crippen molar-refractivity contribution in [1.82, 2.24) is 0 Å². The molecule has 5 nitrogen and oxygen atoms in total. The van der Waals surface area contributed by atoms with Crippen LogP contribution in [0.2, 0.25) is 0 Å². The summed E-state index contributed by atoms with van der Waals surface area (Å²) in [5.41, 5.74) is 11.2. The number of amides is 1. The maximum atomic E-state index is 11.2. The van der Waals surface area contributed by atoms with Gasteiger partial charge < -0.3 is 10.5 Å². The van der Waals surface area contributed by atoms with Gasteiger partial charge in [0, 0.05) is 6.42 Å². The van der Waals surface area contributed by atoms with Gasteiger partial charge >= 0.3 is 0 Å². The number of benzene rings is 2. The molecule has 0 saturated heterocycles. The lowest BCUT2D eigenvalue weighted by Crippen LogP contribution is -2.15. The summed E-state index contributed by atoms with van der Waals surface area (Å²) >= 11 is 1.37. The number of carbonyl (C=O) groups excluding carboxylic acids is 1. The molecule has 0 saturated carbocycles. The lowest BCUT2D eigenvalue weighted by atomic mass is 10.1. The van der Waals surface area contributed by atoms with Gasteiger partial charge in [0.15, 0.2) is 0 Å². The third kappa shape index (κ3) is 4.14. The minimum atomic E-state index is -0.356. The largest absolute Gasteiger partial charge is 0.497 e. The molecule has 0 radical (unpaired) electrons. The molecule has 0 aromatic heterocycles. The van der Waals surface area contributed by atoms with Gasteiger partial charge in [-0.15, -0.1) is 11.8 Å². The van der Waals surface area contributed by atoms with Crippen LogP contribution in [0, 0.1) is 13.8 Å². The first-order valence-corrected chi connectivity index (χ1v) is 9.26. The average molecular weight is 367 g/mol. The lowest BCUT2D eigenvalue weighted by Gasteiger charge is -2.08. The Morgan fingerprint density at radius 3 is 2.31 bits per heavy atom. The van der Waals surface area contributed by atoms with E-state index in [1.165, 1.54) is 17.3 Å². The summed E-state index contributed by atoms with van der Waals surface area (Å²) in [6.45, 7) is 4.12. The van der Waals surface area contributed by atoms with Crippen LogP contribution in [-0.4, -0.2) is 29.5 Å². The van der Waals surface area contributed by atoms with Crippen molar-refractivity contribution >= 4 is 39.8 Å². The molecule has 1 heterocycles. The van der Waals surface area contributed by atoms with E-state index >= 15 is 0 Å². The van der Waals surface area contributed by atoms with Crippen molar-refractivity contribution < 1.29 is 9.53 Å². The highest BCUT2D eigenvalue weighted by Crippen LogP contribution is 2.36. The van der Waals surface area contributed by atoms with Crippen molar-refractivity contribution in [1.29, 1.82) is 0 Å². The van der Waals surface area contributed by atoms with Gasteiger partial charge in [0.1, 0.15) is 5.75 Å². The van der Waals surface area contributed by atoms with E-state index in [9.17, 15) is 4.79 Å². The zero-order valence-corrected chi connectivity index (χ0v) is 15.9. The minimum Gasteiger partial charge on any atom is -0.497 e. The quantitative estimate of drug-likeness (QED) is 0.884. The van der Waals surface area contributed by atoms with Crippen LogP contribution in [0.25, 0.3) is 0 Å². The van der Waals surface area contributed by atoms with Crippen LogP contribution in [0.4, 0.5) is 11.4 Å². The van der Waals surface area contributed by atoms with E-state index in [1.807, 2.05) is 30.3 Å². The van der Waals surface area contributed by atoms with Crippen LogP contribution in [0.5, 0.6) is 5.75 Å². The number of ether oxygens (including phenoxy) is 1. The Kier molecular flexibility index (Phi) is 5.42. The van der Waals surface area contributed by atoms with Crippen LogP contribution in [-0.2, 0) is 4.79 Å². The van der Waals surface area contributed by atoms with Crippen molar-refractivity contribution in [2.45, 2.75) is 20.3 Å². The molecule has 1 aliphatic heterocycles. The van der Waals surface area contributed by atoms with Crippen LogP contribution in [0.15, 0.2) is 46.4 Å². The molecule has 1 amide bonds. The highest BCUT2D eigenvalue weighted by molar-refractivity contribution is 8.14. The van der Waals surface area contributed by atoms with Crippen molar-refractivity contribution in [2.75, 3.05) is 12.9 Å². The number of nitrogens with two attached hydrogens (primary N) is 1. The number of hydrogen-bond donors (Lipinski definition) is 1. The average Bonchev–Trinajstić information content (AvgIpc) is 2.79. The van der Waals surface area contributed by atoms with Crippen molar-refractivity contribution in [2.24, 2.45) is 15.7 Å². The second-order valence-electron chi connectivity index (χ2n) is 6.15. The van der Waals surface area contributed by atoms with E-state index in [0.29, 0.717) is 6.42 Å². The van der Waals surface area contributed by atoms with Crippen molar-refractivity contribution in [3.63, 3.8) is 0 Å². The third-order valence-corrected chi connectivity index (χ3v) is 5.21. The number of thioether (sulfide) groups is 1. The van der Waals surface area contributed by atoms with Gasteiger partial charge in [-0.25, -0.2) is 4.99 Å². The van der Waals surface area contributed by atoms with Crippen molar-refractivity contribution in [3.05, 3.63) is 53.1 Å². The predicted octanol–water partition coefficient (Wildman–Crippen LogP) is 4.09. The Morgan fingerprint density at radius 2 is 1.73 bits per heavy atom. The van der Waals surface area contributed by atoms with E-state index < -0.39 is 0 Å². The summed E-state index contributed by atoms with van der Waals surface area (Å²) < 4.78 is 5.23. The summed E-state index contributed by atoms with van der Waals surface area (Å²) in [5.74, 6) is 0.645. The number of carbonyl (C=O) groups is 1. The summed E-state index contributed by atoms with van der Waals surface area (Å²) in [6, 6.07) is 11.9. The van der Waals surface area contributed by atoms with Gasteiger partial charge in [0.25, 0.3) is 0 Å². The van der Waals surface area contributed by atoms with E-state index in [-0.39, 0.29) is 11.7 Å². The molecule has 0 fully saturated rings. The molecule has 0 bridgehead atoms. The molecule has 3 rings (SSSR count). The number of aliphatic imine (C=N–C) groups is 2. The van der Waals surface area contributed by atoms with Gasteiger partial charge in [0.2, 0.25) is 5.91 Å². The summed E-state index contributed by atoms with van der Waals surface area (Å²) in [6.07, 6.45) is 0.553. The number of rotatable bonds is 4. The first kappa shape index (κ1) is 18.2. The molecule has 2 aromatic carbocycles. The lowest BCUT2D eigenvalue weighted by molar-refractivity contribution is -0.115. The van der Waals surface area contributed by atoms with E-state index in [2.05, 4.69) is 19.9 Å². The molecule has 0 unspecified atom stereocenters. The Bertz CT molecular complexity index is 902. The second kappa shape index (κ2) is 7.74. The number of primary amides is 1. The van der Waals surface area contributed by atoms with Crippen molar-refractivity contribution in [3.8, 4) is 5.75 Å². The SMILES string of the molecule is COc1ccc(C2=Nc3cc(C)c(C)cc3N=C(SCC(N)=O)C2)cc1. The smallest absolute Gasteiger partial charge is 0.227 e. The van der Waals surface area contributed by atoms with Gasteiger partial charge in [-0.2, -0.15) is 0 Å². The van der Waals surface area contributed by atoms with Gasteiger partial charge in [-0.05, 0) is 66.9 Å². The number of fused-ring (bicyclic) bond motifs is 1. The topological polar surface area (TPSA) is 77.0 Å². The standard InChI is InChI=1S/C20H21N3O2S/c1-12-8-17-18(9-13(12)2)23-20(26-11-19(21)24)10-16(22-17)14-4-6-15(25-3)7-5-14/h4-9H,10-11H2,1-3H3,(H2,21,24). The molecule has 0 aliphatic carbocycles. The van der Waals surface area contributed by atoms with E-state index in [1.54, 1.807) is 7.11 Å². The first-order valence-electron chi connectivity index (χ1n) is 8.28.